The number of fused-ring (bicyclic) bond motifs is 2. The van der Waals surface area contributed by atoms with Crippen molar-refractivity contribution in [2.24, 2.45) is 17.8 Å². The molecule has 3 aromatic carbocycles. The van der Waals surface area contributed by atoms with Gasteiger partial charge in [0.2, 0.25) is 11.8 Å². The minimum Gasteiger partial charge on any atom is -0.454 e. The third kappa shape index (κ3) is 4.82. The molecular formula is C33H25FN2O5. The van der Waals surface area contributed by atoms with Crippen LogP contribution in [0.2, 0.25) is 0 Å². The number of aromatic nitrogens is 1. The predicted octanol–water partition coefficient (Wildman–Crippen LogP) is 5.78. The maximum atomic E-state index is 13.2. The van der Waals surface area contributed by atoms with Gasteiger partial charge in [-0.05, 0) is 60.9 Å². The Bertz CT molecular complexity index is 1730. The minimum atomic E-state index is -0.699. The summed E-state index contributed by atoms with van der Waals surface area (Å²) in [7, 11) is 0. The van der Waals surface area contributed by atoms with Crippen molar-refractivity contribution in [2.75, 3.05) is 11.5 Å². The fourth-order valence-corrected chi connectivity index (χ4v) is 5.60. The number of anilines is 1. The molecule has 4 aromatic rings. The normalized spacial score (nSPS) is 19.9. The number of ketones is 1. The van der Waals surface area contributed by atoms with Crippen LogP contribution in [0.1, 0.15) is 34.1 Å². The van der Waals surface area contributed by atoms with Crippen LogP contribution in [0.5, 0.6) is 0 Å². The van der Waals surface area contributed by atoms with E-state index < -0.39 is 24.2 Å². The molecule has 2 amide bonds. The third-order valence-corrected chi connectivity index (χ3v) is 7.73. The number of amides is 2. The molecule has 6 rings (SSSR count). The summed E-state index contributed by atoms with van der Waals surface area (Å²) in [6, 6.07) is 20.6. The first-order chi connectivity index (χ1) is 19.8. The first-order valence-corrected chi connectivity index (χ1v) is 13.3. The number of esters is 1. The highest BCUT2D eigenvalue weighted by Gasteiger charge is 2.50. The van der Waals surface area contributed by atoms with Crippen molar-refractivity contribution in [3.8, 4) is 11.3 Å². The number of ether oxygens (including phenoxy) is 1. The molecule has 0 spiro atoms. The van der Waals surface area contributed by atoms with Gasteiger partial charge in [0.15, 0.2) is 12.4 Å². The summed E-state index contributed by atoms with van der Waals surface area (Å²) in [5, 5.41) is 0.561. The van der Waals surface area contributed by atoms with Crippen molar-refractivity contribution >= 4 is 40.2 Å². The number of carbonyl (C=O) groups excluding carboxylic acids is 4. The number of halogens is 1. The molecule has 7 nitrogen and oxygen atoms in total. The molecule has 3 unspecified atom stereocenters. The smallest absolute Gasteiger partial charge is 0.339 e. The van der Waals surface area contributed by atoms with Crippen molar-refractivity contribution in [3.05, 3.63) is 108 Å². The first kappa shape index (κ1) is 26.3. The SMILES string of the molecule is CC1C=CCC2C(=O)N(c3ccc(-c4cc(C(=O)OCC(=O)c5ccc(F)cc5)c5ccccc5n4)cc3)C(=O)C12. The molecule has 1 aromatic heterocycles. The Balaban J connectivity index is 1.26. The van der Waals surface area contributed by atoms with E-state index in [0.29, 0.717) is 34.3 Å². The maximum Gasteiger partial charge on any atom is 0.339 e. The highest BCUT2D eigenvalue weighted by atomic mass is 19.1. The second-order valence-corrected chi connectivity index (χ2v) is 10.3. The molecule has 3 atom stereocenters. The lowest BCUT2D eigenvalue weighted by Gasteiger charge is -2.22. The summed E-state index contributed by atoms with van der Waals surface area (Å²) in [5.41, 5.74) is 2.67. The number of hydrogen-bond donors (Lipinski definition) is 0. The average molecular weight is 549 g/mol. The summed E-state index contributed by atoms with van der Waals surface area (Å²) < 4.78 is 18.5. The zero-order valence-electron chi connectivity index (χ0n) is 22.1. The summed E-state index contributed by atoms with van der Waals surface area (Å²) >= 11 is 0. The molecule has 1 aliphatic heterocycles. The van der Waals surface area contributed by atoms with Crippen molar-refractivity contribution in [1.29, 1.82) is 0 Å². The van der Waals surface area contributed by atoms with Gasteiger partial charge < -0.3 is 4.74 Å². The van der Waals surface area contributed by atoms with Gasteiger partial charge in [0.05, 0.1) is 34.3 Å². The number of imide groups is 1. The summed E-state index contributed by atoms with van der Waals surface area (Å²) in [5.74, 6) is -2.68. The molecule has 2 heterocycles. The Morgan fingerprint density at radius 2 is 1.71 bits per heavy atom. The van der Waals surface area contributed by atoms with Crippen LogP contribution in [-0.2, 0) is 14.3 Å². The van der Waals surface area contributed by atoms with Crippen LogP contribution in [0.3, 0.4) is 0 Å². The van der Waals surface area contributed by atoms with Crippen LogP contribution in [0.25, 0.3) is 22.2 Å². The number of benzene rings is 3. The topological polar surface area (TPSA) is 93.6 Å². The van der Waals surface area contributed by atoms with Gasteiger partial charge in [-0.25, -0.2) is 14.2 Å². The number of nitrogens with zero attached hydrogens (tertiary/aromatic N) is 2. The average Bonchev–Trinajstić information content (AvgIpc) is 3.25. The Kier molecular flexibility index (Phi) is 6.75. The second-order valence-electron chi connectivity index (χ2n) is 10.3. The summed E-state index contributed by atoms with van der Waals surface area (Å²) in [6.45, 7) is 1.46. The van der Waals surface area contributed by atoms with E-state index in [4.69, 9.17) is 9.72 Å². The van der Waals surface area contributed by atoms with E-state index in [1.54, 1.807) is 54.6 Å². The van der Waals surface area contributed by atoms with E-state index in [9.17, 15) is 23.6 Å². The fraction of sp³-hybridized carbons (Fsp3) is 0.182. The van der Waals surface area contributed by atoms with Gasteiger partial charge in [0, 0.05) is 16.5 Å². The number of Topliss-reactive ketones (excluding diaryl/α,β-unsaturated/α-hetero) is 1. The molecule has 8 heteroatoms. The van der Waals surface area contributed by atoms with Crippen LogP contribution >= 0.6 is 0 Å². The standard InChI is InChI=1S/C33H25FN2O5/c1-19-5-4-7-25-30(19)32(39)36(31(25)38)23-15-11-20(12-16-23)28-17-26(24-6-2-3-8-27(24)35-28)33(40)41-18-29(37)21-9-13-22(34)14-10-21/h2-6,8-17,19,25,30H,7,18H2,1H3. The van der Waals surface area contributed by atoms with Crippen LogP contribution in [0.4, 0.5) is 10.1 Å². The number of allylic oxidation sites excluding steroid dienone is 2. The van der Waals surface area contributed by atoms with Crippen molar-refractivity contribution in [3.63, 3.8) is 0 Å². The van der Waals surface area contributed by atoms with Crippen LogP contribution in [0.15, 0.2) is 91.0 Å². The molecule has 41 heavy (non-hydrogen) atoms. The third-order valence-electron chi connectivity index (χ3n) is 7.73. The zero-order chi connectivity index (χ0) is 28.7. The molecular weight excluding hydrogens is 523 g/mol. The molecule has 0 N–H and O–H groups in total. The largest absolute Gasteiger partial charge is 0.454 e. The number of rotatable bonds is 6. The lowest BCUT2D eigenvalue weighted by atomic mass is 9.78. The van der Waals surface area contributed by atoms with Crippen molar-refractivity contribution < 1.29 is 28.3 Å². The van der Waals surface area contributed by atoms with Gasteiger partial charge in [-0.3, -0.25) is 19.3 Å². The first-order valence-electron chi connectivity index (χ1n) is 13.3. The predicted molar refractivity (Wildman–Crippen MR) is 151 cm³/mol. The Hall–Kier alpha value is -4.98. The van der Waals surface area contributed by atoms with Gasteiger partial charge in [-0.2, -0.15) is 0 Å². The minimum absolute atomic E-state index is 0.000402. The van der Waals surface area contributed by atoms with Gasteiger partial charge in [-0.15, -0.1) is 0 Å². The lowest BCUT2D eigenvalue weighted by molar-refractivity contribution is -0.122. The Morgan fingerprint density at radius 1 is 0.976 bits per heavy atom. The molecule has 204 valence electrons. The summed E-state index contributed by atoms with van der Waals surface area (Å²) in [6.07, 6.45) is 4.52. The number of hydrogen-bond acceptors (Lipinski definition) is 6. The van der Waals surface area contributed by atoms with Gasteiger partial charge in [0.1, 0.15) is 5.82 Å². The van der Waals surface area contributed by atoms with Crippen LogP contribution < -0.4 is 4.90 Å². The molecule has 1 aliphatic carbocycles. The Labute approximate surface area is 235 Å². The summed E-state index contributed by atoms with van der Waals surface area (Å²) in [4.78, 5) is 57.8. The highest BCUT2D eigenvalue weighted by Crippen LogP contribution is 2.40. The molecule has 2 aliphatic rings. The molecule has 0 saturated carbocycles. The maximum absolute atomic E-state index is 13.2. The second kappa shape index (κ2) is 10.5. The van der Waals surface area contributed by atoms with E-state index in [1.807, 2.05) is 19.1 Å². The molecule has 1 fully saturated rings. The van der Waals surface area contributed by atoms with E-state index in [0.717, 1.165) is 0 Å². The highest BCUT2D eigenvalue weighted by molar-refractivity contribution is 6.22. The quantitative estimate of drug-likeness (QED) is 0.131. The van der Waals surface area contributed by atoms with E-state index in [1.165, 1.54) is 29.2 Å². The fourth-order valence-electron chi connectivity index (χ4n) is 5.60. The Morgan fingerprint density at radius 3 is 2.44 bits per heavy atom. The van der Waals surface area contributed by atoms with Crippen LogP contribution in [0, 0.1) is 23.6 Å². The molecule has 0 radical (unpaired) electrons. The van der Waals surface area contributed by atoms with Gasteiger partial charge in [-0.1, -0.05) is 49.4 Å². The molecule has 0 bridgehead atoms. The monoisotopic (exact) mass is 548 g/mol. The number of para-hydroxylation sites is 1. The van der Waals surface area contributed by atoms with Crippen LogP contribution in [-0.4, -0.2) is 35.2 Å². The van der Waals surface area contributed by atoms with E-state index in [2.05, 4.69) is 0 Å². The van der Waals surface area contributed by atoms with E-state index in [-0.39, 0.29) is 40.7 Å². The number of carbonyl (C=O) groups is 4. The lowest BCUT2D eigenvalue weighted by Crippen LogP contribution is -2.31. The molecule has 1 saturated heterocycles. The zero-order valence-corrected chi connectivity index (χ0v) is 22.1. The van der Waals surface area contributed by atoms with Crippen molar-refractivity contribution in [1.82, 2.24) is 4.98 Å². The van der Waals surface area contributed by atoms with Gasteiger partial charge in [0.25, 0.3) is 0 Å². The van der Waals surface area contributed by atoms with E-state index >= 15 is 0 Å². The van der Waals surface area contributed by atoms with Crippen molar-refractivity contribution in [2.45, 2.75) is 13.3 Å². The van der Waals surface area contributed by atoms with Gasteiger partial charge >= 0.3 is 5.97 Å². The number of pyridine rings is 1.